The van der Waals surface area contributed by atoms with E-state index in [2.05, 4.69) is 38.2 Å². The fourth-order valence-corrected chi connectivity index (χ4v) is 19.9. The molecule has 0 aliphatic rings. The van der Waals surface area contributed by atoms with Crippen LogP contribution in [-0.4, -0.2) is 30.8 Å². The van der Waals surface area contributed by atoms with Gasteiger partial charge in [-0.3, -0.25) is 0 Å². The molecule has 0 aliphatic heterocycles. The van der Waals surface area contributed by atoms with Crippen LogP contribution >= 0.6 is 0 Å². The van der Waals surface area contributed by atoms with Gasteiger partial charge < -0.3 is 0 Å². The summed E-state index contributed by atoms with van der Waals surface area (Å²) >= 11 is -2.51. The van der Waals surface area contributed by atoms with Crippen LogP contribution in [0, 0.1) is 5.82 Å². The number of hydrogen-bond donors (Lipinski definition) is 1. The van der Waals surface area contributed by atoms with Crippen molar-refractivity contribution in [3.63, 3.8) is 0 Å². The molecule has 0 aromatic heterocycles. The molecule has 1 aromatic carbocycles. The van der Waals surface area contributed by atoms with Gasteiger partial charge in [-0.15, -0.1) is 0 Å². The van der Waals surface area contributed by atoms with Crippen molar-refractivity contribution in [1.82, 2.24) is 5.32 Å². The van der Waals surface area contributed by atoms with Crippen molar-refractivity contribution >= 4 is 27.9 Å². The average molecular weight is 470 g/mol. The van der Waals surface area contributed by atoms with Crippen LogP contribution in [0.2, 0.25) is 13.3 Å². The molecule has 0 heterocycles. The molecule has 0 bridgehead atoms. The summed E-state index contributed by atoms with van der Waals surface area (Å²) in [7, 11) is 0. The third-order valence-corrected chi connectivity index (χ3v) is 21.1. The molecule has 0 aliphatic carbocycles. The van der Waals surface area contributed by atoms with Crippen molar-refractivity contribution in [2.75, 3.05) is 6.54 Å². The van der Waals surface area contributed by atoms with Gasteiger partial charge in [-0.25, -0.2) is 0 Å². The van der Waals surface area contributed by atoms with Crippen molar-refractivity contribution in [3.8, 4) is 0 Å². The van der Waals surface area contributed by atoms with Gasteiger partial charge in [0, 0.05) is 0 Å². The Kier molecular flexibility index (Phi) is 11.5. The van der Waals surface area contributed by atoms with Crippen LogP contribution in [0.3, 0.4) is 0 Å². The zero-order chi connectivity index (χ0) is 19.4. The number of carbonyl (C=O) groups is 1. The quantitative estimate of drug-likeness (QED) is 0.376. The molecule has 1 N–H and O–H groups in total. The average Bonchev–Trinajstić information content (AvgIpc) is 2.63. The second kappa shape index (κ2) is 12.7. The van der Waals surface area contributed by atoms with Gasteiger partial charge >= 0.3 is 164 Å². The number of benzene rings is 1. The molecule has 1 amide bonds. The molecule has 26 heavy (non-hydrogen) atoms. The van der Waals surface area contributed by atoms with Gasteiger partial charge in [0.1, 0.15) is 0 Å². The van der Waals surface area contributed by atoms with E-state index in [1.165, 1.54) is 62.3 Å². The maximum absolute atomic E-state index is 14.3. The van der Waals surface area contributed by atoms with E-state index in [0.717, 1.165) is 5.56 Å². The molecule has 0 unspecified atom stereocenters. The molecule has 0 radical (unpaired) electrons. The second-order valence-corrected chi connectivity index (χ2v) is 20.9. The summed E-state index contributed by atoms with van der Waals surface area (Å²) in [6.07, 6.45) is 8.23. The number of unbranched alkanes of at least 4 members (excludes halogenated alkanes) is 3. The monoisotopic (exact) mass is 471 g/mol. The van der Waals surface area contributed by atoms with Crippen LogP contribution in [0.1, 0.15) is 71.8 Å². The molecule has 4 heteroatoms. The van der Waals surface area contributed by atoms with Crippen molar-refractivity contribution in [3.05, 3.63) is 29.6 Å². The Hall–Kier alpha value is -0.581. The topological polar surface area (TPSA) is 29.1 Å². The Bertz CT molecular complexity index is 525. The predicted molar refractivity (Wildman–Crippen MR) is 113 cm³/mol. The van der Waals surface area contributed by atoms with Crippen molar-refractivity contribution < 1.29 is 9.18 Å². The van der Waals surface area contributed by atoms with E-state index >= 15 is 0 Å². The van der Waals surface area contributed by atoms with Crippen LogP contribution in [-0.2, 0) is 11.2 Å². The number of rotatable bonds is 13. The first kappa shape index (κ1) is 23.5. The van der Waals surface area contributed by atoms with E-state index in [9.17, 15) is 9.18 Å². The van der Waals surface area contributed by atoms with E-state index in [0.29, 0.717) is 13.0 Å². The van der Waals surface area contributed by atoms with E-state index in [1.54, 1.807) is 6.07 Å². The summed E-state index contributed by atoms with van der Waals surface area (Å²) in [6.45, 7) is 8.85. The molecule has 1 rings (SSSR count). The fraction of sp³-hybridized carbons (Fsp3) is 0.682. The van der Waals surface area contributed by atoms with E-state index in [4.69, 9.17) is 0 Å². The van der Waals surface area contributed by atoms with Gasteiger partial charge in [0.2, 0.25) is 0 Å². The summed E-state index contributed by atoms with van der Waals surface area (Å²) in [5, 5.41) is 2.79. The molecule has 1 aromatic rings. The number of halogens is 1. The van der Waals surface area contributed by atoms with Crippen LogP contribution in [0.15, 0.2) is 18.2 Å². The molecule has 0 atom stereocenters. The molecule has 0 saturated heterocycles. The number of carbonyl (C=O) groups excluding carboxylic acids is 1. The van der Waals surface area contributed by atoms with Crippen LogP contribution < -0.4 is 8.90 Å². The summed E-state index contributed by atoms with van der Waals surface area (Å²) in [5.74, 6) is -0.176. The second-order valence-electron chi connectivity index (χ2n) is 7.63. The standard InChI is InChI=1S/C10H11FNO.3C4H9.Sn/c1-8(13)12-7-6-9-4-2-3-5-10(9)11;3*1-3-4-2;/h3-5H,6-7H2,1H3,(H,12,13);3*1,3-4H2,2H3;. The van der Waals surface area contributed by atoms with E-state index < -0.39 is 18.4 Å². The first-order valence-electron chi connectivity index (χ1n) is 10.5. The number of nitrogens with one attached hydrogen (secondary N) is 1. The first-order chi connectivity index (χ1) is 12.5. The van der Waals surface area contributed by atoms with Gasteiger partial charge in [-0.2, -0.15) is 0 Å². The minimum atomic E-state index is -2.51. The normalized spacial score (nSPS) is 11.6. The molecular formula is C22H38FNOSn. The van der Waals surface area contributed by atoms with Crippen LogP contribution in [0.5, 0.6) is 0 Å². The number of amides is 1. The Balaban J connectivity index is 3.13. The van der Waals surface area contributed by atoms with Gasteiger partial charge in [0.05, 0.1) is 0 Å². The summed E-state index contributed by atoms with van der Waals surface area (Å²) in [5.41, 5.74) is 0.779. The third-order valence-electron chi connectivity index (χ3n) is 5.45. The Morgan fingerprint density at radius 3 is 2.00 bits per heavy atom. The SMILES string of the molecule is CCC[CH2][Sn]([CH2]CCC)([CH2]CCC)[c]1ccc(F)c(CCNC(C)=O)c1. The summed E-state index contributed by atoms with van der Waals surface area (Å²) in [4.78, 5) is 11.1. The van der Waals surface area contributed by atoms with E-state index in [-0.39, 0.29) is 11.7 Å². The zero-order valence-corrected chi connectivity index (χ0v) is 20.2. The summed E-state index contributed by atoms with van der Waals surface area (Å²) in [6, 6.07) is 5.97. The molecular weight excluding hydrogens is 432 g/mol. The van der Waals surface area contributed by atoms with Gasteiger partial charge in [0.15, 0.2) is 0 Å². The van der Waals surface area contributed by atoms with Crippen molar-refractivity contribution in [2.45, 2.75) is 86.0 Å². The summed E-state index contributed by atoms with van der Waals surface area (Å²) < 4.78 is 20.0. The maximum atomic E-state index is 14.3. The first-order valence-corrected chi connectivity index (χ1v) is 18.0. The third kappa shape index (κ3) is 7.57. The van der Waals surface area contributed by atoms with Gasteiger partial charge in [-0.1, -0.05) is 0 Å². The Morgan fingerprint density at radius 1 is 1.00 bits per heavy atom. The molecule has 0 spiro atoms. The Morgan fingerprint density at radius 2 is 1.54 bits per heavy atom. The van der Waals surface area contributed by atoms with E-state index in [1.807, 2.05) is 0 Å². The molecule has 148 valence electrons. The van der Waals surface area contributed by atoms with Gasteiger partial charge in [0.25, 0.3) is 0 Å². The predicted octanol–water partition coefficient (Wildman–Crippen LogP) is 5.56. The number of hydrogen-bond acceptors (Lipinski definition) is 1. The fourth-order valence-electron chi connectivity index (χ4n) is 3.82. The molecule has 2 nitrogen and oxygen atoms in total. The van der Waals surface area contributed by atoms with Crippen molar-refractivity contribution in [2.24, 2.45) is 0 Å². The molecule has 0 saturated carbocycles. The van der Waals surface area contributed by atoms with Crippen LogP contribution in [0.25, 0.3) is 0 Å². The van der Waals surface area contributed by atoms with Gasteiger partial charge in [-0.05, 0) is 0 Å². The van der Waals surface area contributed by atoms with Crippen LogP contribution in [0.4, 0.5) is 4.39 Å². The minimum absolute atomic E-state index is 0.0519. The zero-order valence-electron chi connectivity index (χ0n) is 17.3. The molecule has 0 fully saturated rings. The Labute approximate surface area is 164 Å². The van der Waals surface area contributed by atoms with Crippen molar-refractivity contribution in [1.29, 1.82) is 0 Å².